The predicted octanol–water partition coefficient (Wildman–Crippen LogP) is 4.02. The highest BCUT2D eigenvalue weighted by atomic mass is 32.2. The van der Waals surface area contributed by atoms with Crippen LogP contribution < -0.4 is 5.56 Å². The Morgan fingerprint density at radius 3 is 2.68 bits per heavy atom. The summed E-state index contributed by atoms with van der Waals surface area (Å²) < 4.78 is 6.76. The first-order chi connectivity index (χ1) is 13.5. The summed E-state index contributed by atoms with van der Waals surface area (Å²) in [5.41, 5.74) is 3.51. The van der Waals surface area contributed by atoms with Gasteiger partial charge in [0.25, 0.3) is 5.56 Å². The van der Waals surface area contributed by atoms with Crippen LogP contribution in [-0.2, 0) is 11.3 Å². The van der Waals surface area contributed by atoms with Crippen molar-refractivity contribution < 1.29 is 9.53 Å². The molecule has 0 N–H and O–H groups in total. The Balaban J connectivity index is 1.87. The number of Topliss-reactive ketones (excluding diaryl/α,β-unsaturated/α-hetero) is 1. The van der Waals surface area contributed by atoms with E-state index in [1.807, 2.05) is 50.2 Å². The zero-order chi connectivity index (χ0) is 20.1. The van der Waals surface area contributed by atoms with Gasteiger partial charge in [-0.2, -0.15) is 0 Å². The number of benzene rings is 2. The van der Waals surface area contributed by atoms with Gasteiger partial charge in [-0.15, -0.1) is 0 Å². The number of carbonyl (C=O) groups excluding carboxylic acids is 1. The molecule has 0 amide bonds. The number of rotatable bonds is 8. The van der Waals surface area contributed by atoms with Crippen LogP contribution in [0, 0.1) is 13.8 Å². The minimum absolute atomic E-state index is 0.0268. The number of thioether (sulfide) groups is 1. The maximum absolute atomic E-state index is 12.9. The third-order valence-corrected chi connectivity index (χ3v) is 5.69. The highest BCUT2D eigenvalue weighted by molar-refractivity contribution is 7.99. The zero-order valence-electron chi connectivity index (χ0n) is 16.4. The van der Waals surface area contributed by atoms with E-state index in [0.29, 0.717) is 41.2 Å². The zero-order valence-corrected chi connectivity index (χ0v) is 17.2. The molecule has 5 nitrogen and oxygen atoms in total. The van der Waals surface area contributed by atoms with Gasteiger partial charge in [-0.05, 0) is 49.6 Å². The van der Waals surface area contributed by atoms with Crippen molar-refractivity contribution in [1.82, 2.24) is 9.55 Å². The molecule has 0 fully saturated rings. The normalized spacial score (nSPS) is 11.1. The Hall–Kier alpha value is -2.44. The molecule has 0 spiro atoms. The first-order valence-corrected chi connectivity index (χ1v) is 10.2. The van der Waals surface area contributed by atoms with E-state index in [2.05, 4.69) is 4.98 Å². The van der Waals surface area contributed by atoms with E-state index < -0.39 is 0 Å². The van der Waals surface area contributed by atoms with Gasteiger partial charge in [0, 0.05) is 25.8 Å². The SMILES string of the molecule is COCCCn1c(SCC(=O)c2ccc(C)c(C)c2)nc2ccccc2c1=O. The number of aryl methyl sites for hydroxylation is 2. The van der Waals surface area contributed by atoms with Gasteiger partial charge in [-0.25, -0.2) is 4.98 Å². The second-order valence-electron chi connectivity index (χ2n) is 6.73. The van der Waals surface area contributed by atoms with Gasteiger partial charge in [0.1, 0.15) is 0 Å². The number of nitrogens with zero attached hydrogens (tertiary/aromatic N) is 2. The molecule has 2 aromatic carbocycles. The molecule has 3 aromatic rings. The van der Waals surface area contributed by atoms with Gasteiger partial charge >= 0.3 is 0 Å². The number of hydrogen-bond acceptors (Lipinski definition) is 5. The largest absolute Gasteiger partial charge is 0.385 e. The van der Waals surface area contributed by atoms with Crippen LogP contribution in [0.1, 0.15) is 27.9 Å². The van der Waals surface area contributed by atoms with E-state index in [-0.39, 0.29) is 17.1 Å². The Bertz CT molecular complexity index is 1060. The van der Waals surface area contributed by atoms with Crippen LogP contribution >= 0.6 is 11.8 Å². The third kappa shape index (κ3) is 4.51. The van der Waals surface area contributed by atoms with Crippen molar-refractivity contribution in [3.8, 4) is 0 Å². The number of fused-ring (bicyclic) bond motifs is 1. The molecule has 0 bridgehead atoms. The molecule has 0 saturated heterocycles. The van der Waals surface area contributed by atoms with Gasteiger partial charge in [0.15, 0.2) is 10.9 Å². The minimum atomic E-state index is -0.0807. The second-order valence-corrected chi connectivity index (χ2v) is 7.67. The fourth-order valence-electron chi connectivity index (χ4n) is 2.95. The van der Waals surface area contributed by atoms with Crippen molar-refractivity contribution in [3.63, 3.8) is 0 Å². The maximum atomic E-state index is 12.9. The number of ketones is 1. The molecule has 0 atom stereocenters. The molecule has 0 aliphatic carbocycles. The summed E-state index contributed by atoms with van der Waals surface area (Å²) in [5.74, 6) is 0.260. The molecule has 1 heterocycles. The summed E-state index contributed by atoms with van der Waals surface area (Å²) in [7, 11) is 1.64. The van der Waals surface area contributed by atoms with E-state index in [9.17, 15) is 9.59 Å². The quantitative estimate of drug-likeness (QED) is 0.249. The molecule has 1 aromatic heterocycles. The summed E-state index contributed by atoms with van der Waals surface area (Å²) in [4.78, 5) is 30.2. The van der Waals surface area contributed by atoms with Crippen LogP contribution in [0.2, 0.25) is 0 Å². The van der Waals surface area contributed by atoms with Crippen LogP contribution in [0.3, 0.4) is 0 Å². The Kier molecular flexibility index (Phi) is 6.65. The number of aromatic nitrogens is 2. The first kappa shape index (κ1) is 20.3. The summed E-state index contributed by atoms with van der Waals surface area (Å²) in [6.07, 6.45) is 0.703. The third-order valence-electron chi connectivity index (χ3n) is 4.72. The lowest BCUT2D eigenvalue weighted by molar-refractivity contribution is 0.102. The number of hydrogen-bond donors (Lipinski definition) is 0. The molecule has 146 valence electrons. The number of para-hydroxylation sites is 1. The second kappa shape index (κ2) is 9.17. The predicted molar refractivity (Wildman–Crippen MR) is 113 cm³/mol. The van der Waals surface area contributed by atoms with Crippen molar-refractivity contribution >= 4 is 28.4 Å². The maximum Gasteiger partial charge on any atom is 0.262 e. The average Bonchev–Trinajstić information content (AvgIpc) is 2.70. The smallest absolute Gasteiger partial charge is 0.262 e. The van der Waals surface area contributed by atoms with Gasteiger partial charge < -0.3 is 4.74 Å². The number of methoxy groups -OCH3 is 1. The molecule has 6 heteroatoms. The lowest BCUT2D eigenvalue weighted by Crippen LogP contribution is -2.24. The highest BCUT2D eigenvalue weighted by Gasteiger charge is 2.14. The van der Waals surface area contributed by atoms with Crippen LogP contribution in [0.15, 0.2) is 52.4 Å². The van der Waals surface area contributed by atoms with Gasteiger partial charge in [0.2, 0.25) is 0 Å². The van der Waals surface area contributed by atoms with Crippen molar-refractivity contribution in [2.75, 3.05) is 19.5 Å². The molecule has 0 saturated carbocycles. The molecular formula is C22H24N2O3S. The molecule has 0 aliphatic rings. The Morgan fingerprint density at radius 1 is 1.14 bits per heavy atom. The van der Waals surface area contributed by atoms with Crippen LogP contribution in [-0.4, -0.2) is 34.8 Å². The van der Waals surface area contributed by atoms with E-state index in [1.165, 1.54) is 11.8 Å². The summed E-state index contributed by atoms with van der Waals surface area (Å²) in [5, 5.41) is 1.15. The van der Waals surface area contributed by atoms with Gasteiger partial charge in [0.05, 0.1) is 16.7 Å². The minimum Gasteiger partial charge on any atom is -0.385 e. The van der Waals surface area contributed by atoms with Crippen molar-refractivity contribution in [2.45, 2.75) is 32.0 Å². The van der Waals surface area contributed by atoms with Crippen LogP contribution in [0.5, 0.6) is 0 Å². The monoisotopic (exact) mass is 396 g/mol. The molecular weight excluding hydrogens is 372 g/mol. The van der Waals surface area contributed by atoms with Crippen molar-refractivity contribution in [1.29, 1.82) is 0 Å². The van der Waals surface area contributed by atoms with Crippen molar-refractivity contribution in [2.24, 2.45) is 0 Å². The fraction of sp³-hybridized carbons (Fsp3) is 0.318. The lowest BCUT2D eigenvalue weighted by atomic mass is 10.0. The van der Waals surface area contributed by atoms with E-state index in [4.69, 9.17) is 4.74 Å². The molecule has 0 aliphatic heterocycles. The van der Waals surface area contributed by atoms with Crippen molar-refractivity contribution in [3.05, 3.63) is 69.5 Å². The van der Waals surface area contributed by atoms with Gasteiger partial charge in [-0.1, -0.05) is 36.0 Å². The first-order valence-electron chi connectivity index (χ1n) is 9.23. The summed E-state index contributed by atoms with van der Waals surface area (Å²) in [6, 6.07) is 13.0. The standard InChI is InChI=1S/C22H24N2O3S/c1-15-9-10-17(13-16(15)2)20(25)14-28-22-23-19-8-5-4-7-18(19)21(26)24(22)11-6-12-27-3/h4-5,7-10,13H,6,11-12,14H2,1-3H3. The molecule has 0 unspecified atom stereocenters. The summed E-state index contributed by atoms with van der Waals surface area (Å²) >= 11 is 1.31. The highest BCUT2D eigenvalue weighted by Crippen LogP contribution is 2.20. The molecule has 28 heavy (non-hydrogen) atoms. The number of ether oxygens (including phenoxy) is 1. The fourth-order valence-corrected chi connectivity index (χ4v) is 3.87. The Labute approximate surface area is 168 Å². The average molecular weight is 397 g/mol. The summed E-state index contributed by atoms with van der Waals surface area (Å²) in [6.45, 7) is 5.09. The van der Waals surface area contributed by atoms with E-state index >= 15 is 0 Å². The number of carbonyl (C=O) groups is 1. The van der Waals surface area contributed by atoms with Crippen LogP contribution in [0.25, 0.3) is 10.9 Å². The topological polar surface area (TPSA) is 61.2 Å². The van der Waals surface area contributed by atoms with E-state index in [1.54, 1.807) is 17.7 Å². The van der Waals surface area contributed by atoms with Crippen LogP contribution in [0.4, 0.5) is 0 Å². The molecule has 3 rings (SSSR count). The van der Waals surface area contributed by atoms with Gasteiger partial charge in [-0.3, -0.25) is 14.2 Å². The Morgan fingerprint density at radius 2 is 1.93 bits per heavy atom. The molecule has 0 radical (unpaired) electrons. The van der Waals surface area contributed by atoms with E-state index in [0.717, 1.165) is 11.1 Å². The lowest BCUT2D eigenvalue weighted by Gasteiger charge is -2.13.